The quantitative estimate of drug-likeness (QED) is 0.633. The van der Waals surface area contributed by atoms with Crippen LogP contribution in [0.4, 0.5) is 5.69 Å². The van der Waals surface area contributed by atoms with Crippen LogP contribution in [-0.4, -0.2) is 21.1 Å². The van der Waals surface area contributed by atoms with E-state index in [4.69, 9.17) is 15.3 Å². The molecule has 1 unspecified atom stereocenters. The zero-order valence-electron chi connectivity index (χ0n) is 18.9. The second-order valence-corrected chi connectivity index (χ2v) is 5.16. The van der Waals surface area contributed by atoms with Crippen LogP contribution >= 0.6 is 0 Å². The number of nitrogen functional groups attached to an aromatic ring is 1. The fraction of sp³-hybridized carbons (Fsp3) is 0.375. The van der Waals surface area contributed by atoms with Crippen molar-refractivity contribution < 1.29 is 19.2 Å². The number of carbonyl (C=O) groups excluding carboxylic acids is 2. The van der Waals surface area contributed by atoms with E-state index in [2.05, 4.69) is 4.98 Å². The zero-order valence-corrected chi connectivity index (χ0v) is 11.9. The minimum absolute atomic E-state index is 0.225. The van der Waals surface area contributed by atoms with Crippen molar-refractivity contribution in [2.45, 2.75) is 38.6 Å². The van der Waals surface area contributed by atoms with Gasteiger partial charge in [-0.2, -0.15) is 0 Å². The van der Waals surface area contributed by atoms with Gasteiger partial charge in [-0.05, 0) is 32.3 Å². The Kier molecular flexibility index (Phi) is 1.78. The van der Waals surface area contributed by atoms with Gasteiger partial charge >= 0.3 is 0 Å². The molecule has 22 heavy (non-hydrogen) atoms. The van der Waals surface area contributed by atoms with Gasteiger partial charge in [0.15, 0.2) is 5.78 Å². The van der Waals surface area contributed by atoms with Crippen LogP contribution in [0.1, 0.15) is 41.5 Å². The predicted octanol–water partition coefficient (Wildman–Crippen LogP) is 1.32. The van der Waals surface area contributed by atoms with Gasteiger partial charge in [-0.3, -0.25) is 19.0 Å². The highest BCUT2D eigenvalue weighted by molar-refractivity contribution is 6.05. The van der Waals surface area contributed by atoms with E-state index in [-0.39, 0.29) is 11.3 Å². The molecule has 1 aliphatic rings. The van der Waals surface area contributed by atoms with E-state index in [1.54, 1.807) is 0 Å². The predicted molar refractivity (Wildman–Crippen MR) is 82.7 cm³/mol. The first-order valence-corrected chi connectivity index (χ1v) is 6.48. The lowest BCUT2D eigenvalue weighted by atomic mass is 9.81. The molecule has 2 aromatic rings. The molecule has 6 nitrogen and oxygen atoms in total. The minimum atomic E-state index is -3.12. The first kappa shape index (κ1) is 8.22. The molecule has 1 fully saturated rings. The molecule has 1 saturated carbocycles. The number of Topliss-reactive ketones (excluding diaryl/α,β-unsaturated/α-hetero) is 2. The highest BCUT2D eigenvalue weighted by Crippen LogP contribution is 2.30. The molecule has 2 N–H and O–H groups in total. The van der Waals surface area contributed by atoms with Crippen LogP contribution in [0.3, 0.4) is 0 Å². The number of rotatable bonds is 1. The minimum Gasteiger partial charge on any atom is -0.398 e. The first-order chi connectivity index (χ1) is 13.1. The Morgan fingerprint density at radius 2 is 2.14 bits per heavy atom. The molecular weight excluding hydrogens is 282 g/mol. The summed E-state index contributed by atoms with van der Waals surface area (Å²) >= 11 is 0. The molecule has 6 heteroatoms. The van der Waals surface area contributed by atoms with Crippen LogP contribution in [0.25, 0.3) is 10.9 Å². The van der Waals surface area contributed by atoms with E-state index in [0.717, 1.165) is 6.92 Å². The van der Waals surface area contributed by atoms with Gasteiger partial charge in [0, 0.05) is 17.5 Å². The lowest BCUT2D eigenvalue weighted by Gasteiger charge is -2.34. The van der Waals surface area contributed by atoms with E-state index in [9.17, 15) is 14.4 Å². The summed E-state index contributed by atoms with van der Waals surface area (Å²) in [7, 11) is 0. The number of aromatic nitrogens is 2. The Morgan fingerprint density at radius 3 is 2.86 bits per heavy atom. The number of aryl methyl sites for hydroxylation is 1. The molecule has 0 spiro atoms. The smallest absolute Gasteiger partial charge is 0.264 e. The van der Waals surface area contributed by atoms with Crippen molar-refractivity contribution in [2.24, 2.45) is 0 Å². The summed E-state index contributed by atoms with van der Waals surface area (Å²) in [6, 6.07) is -1.66. The molecule has 3 rings (SSSR count). The van der Waals surface area contributed by atoms with Crippen LogP contribution in [0.2, 0.25) is 0 Å². The van der Waals surface area contributed by atoms with Gasteiger partial charge in [-0.1, -0.05) is 6.04 Å². The number of nitrogens with zero attached hydrogens (tertiary/aromatic N) is 2. The van der Waals surface area contributed by atoms with Crippen LogP contribution in [0.5, 0.6) is 0 Å². The van der Waals surface area contributed by atoms with Gasteiger partial charge in [0.25, 0.3) is 5.56 Å². The highest BCUT2D eigenvalue weighted by atomic mass is 16.2. The maximum atomic E-state index is 13.3. The number of hydrogen-bond acceptors (Lipinski definition) is 5. The van der Waals surface area contributed by atoms with E-state index in [1.165, 1.54) is 6.92 Å². The molecule has 1 aromatic heterocycles. The average Bonchev–Trinajstić information content (AvgIpc) is 2.62. The van der Waals surface area contributed by atoms with Crippen molar-refractivity contribution >= 4 is 28.2 Å². The number of fused-ring (bicyclic) bond motifs is 1. The maximum absolute atomic E-state index is 13.3. The summed E-state index contributed by atoms with van der Waals surface area (Å²) in [5, 5.41) is -0.441. The molecule has 0 saturated heterocycles. The van der Waals surface area contributed by atoms with Gasteiger partial charge < -0.3 is 5.73 Å². The second kappa shape index (κ2) is 4.76. The lowest BCUT2D eigenvalue weighted by Crippen LogP contribution is -2.49. The molecule has 1 heterocycles. The standard InChI is InChI=1S/C16H17N3O3/c1-9-18-12-5-3-4-11(17)14(12)15(22)19(9)16(2)7-6-10(20)8-13(16)21/h3-5H,6-8,17H2,1-2H3/i3D,4D,5D,6D2,7D2. The normalized spacial score (nSPS) is 31.5. The molecule has 1 atom stereocenters. The van der Waals surface area contributed by atoms with Gasteiger partial charge in [0.05, 0.1) is 21.4 Å². The van der Waals surface area contributed by atoms with E-state index < -0.39 is 71.0 Å². The molecule has 114 valence electrons. The molecule has 0 aliphatic heterocycles. The number of benzene rings is 1. The Balaban J connectivity index is 2.52. The number of nitrogens with two attached hydrogens (primary N) is 1. The summed E-state index contributed by atoms with van der Waals surface area (Å²) < 4.78 is 56.6. The largest absolute Gasteiger partial charge is 0.398 e. The topological polar surface area (TPSA) is 95.0 Å². The monoisotopic (exact) mass is 306 g/mol. The molecule has 1 aromatic carbocycles. The Bertz CT molecular complexity index is 1180. The third kappa shape index (κ3) is 1.94. The summed E-state index contributed by atoms with van der Waals surface area (Å²) in [4.78, 5) is 42.1. The highest BCUT2D eigenvalue weighted by Gasteiger charge is 2.41. The van der Waals surface area contributed by atoms with Crippen molar-refractivity contribution in [2.75, 3.05) is 5.73 Å². The fourth-order valence-corrected chi connectivity index (χ4v) is 2.51. The summed E-state index contributed by atoms with van der Waals surface area (Å²) in [6.45, 7) is 2.27. The van der Waals surface area contributed by atoms with Crippen molar-refractivity contribution in [3.8, 4) is 0 Å². The summed E-state index contributed by atoms with van der Waals surface area (Å²) in [5.74, 6) is -2.47. The average molecular weight is 306 g/mol. The Hall–Kier alpha value is -2.50. The van der Waals surface area contributed by atoms with E-state index >= 15 is 0 Å². The van der Waals surface area contributed by atoms with Crippen LogP contribution in [-0.2, 0) is 15.1 Å². The zero-order chi connectivity index (χ0) is 22.3. The molecule has 0 radical (unpaired) electrons. The molecule has 0 bridgehead atoms. The molecular formula is C16H17N3O3. The van der Waals surface area contributed by atoms with Crippen molar-refractivity contribution in [3.63, 3.8) is 0 Å². The fourth-order valence-electron chi connectivity index (χ4n) is 2.51. The molecule has 1 aliphatic carbocycles. The van der Waals surface area contributed by atoms with Crippen molar-refractivity contribution in [3.05, 3.63) is 34.3 Å². The summed E-state index contributed by atoms with van der Waals surface area (Å²) in [6.07, 6.45) is -7.09. The number of hydrogen-bond donors (Lipinski definition) is 1. The van der Waals surface area contributed by atoms with Crippen LogP contribution in [0, 0.1) is 6.92 Å². The maximum Gasteiger partial charge on any atom is 0.264 e. The van der Waals surface area contributed by atoms with Gasteiger partial charge in [0.1, 0.15) is 17.1 Å². The van der Waals surface area contributed by atoms with Crippen LogP contribution < -0.4 is 11.3 Å². The van der Waals surface area contributed by atoms with Gasteiger partial charge in [-0.15, -0.1) is 0 Å². The van der Waals surface area contributed by atoms with E-state index in [0.29, 0.717) is 4.57 Å². The van der Waals surface area contributed by atoms with Gasteiger partial charge in [0.2, 0.25) is 0 Å². The summed E-state index contributed by atoms with van der Waals surface area (Å²) in [5.41, 5.74) is 1.56. The third-order valence-corrected chi connectivity index (χ3v) is 3.65. The Labute approximate surface area is 136 Å². The third-order valence-electron chi connectivity index (χ3n) is 3.65. The number of ketones is 2. The first-order valence-electron chi connectivity index (χ1n) is 9.98. The van der Waals surface area contributed by atoms with Crippen LogP contribution in [0.15, 0.2) is 22.9 Å². The van der Waals surface area contributed by atoms with Crippen molar-refractivity contribution in [1.29, 1.82) is 0 Å². The SMILES string of the molecule is [2H]c1c([2H])c(N)c2c(=O)n(C3(C)C(=O)CC(=O)C([2H])([2H])C3([2H])[2H])c(C)nc2c1[2H]. The van der Waals surface area contributed by atoms with E-state index in [1.807, 2.05) is 0 Å². The Morgan fingerprint density at radius 1 is 1.41 bits per heavy atom. The lowest BCUT2D eigenvalue weighted by molar-refractivity contribution is -0.136. The second-order valence-electron chi connectivity index (χ2n) is 5.16. The molecule has 0 amide bonds. The number of carbonyl (C=O) groups is 2. The number of anilines is 1. The van der Waals surface area contributed by atoms with Crippen molar-refractivity contribution in [1.82, 2.24) is 9.55 Å². The van der Waals surface area contributed by atoms with Gasteiger partial charge in [-0.25, -0.2) is 4.98 Å².